The Kier molecular flexibility index (Phi) is 7.24. The second-order valence-corrected chi connectivity index (χ2v) is 6.18. The van der Waals surface area contributed by atoms with Crippen molar-refractivity contribution in [3.8, 4) is 5.75 Å². The average Bonchev–Trinajstić information content (AvgIpc) is 2.47. The molecule has 0 aliphatic heterocycles. The van der Waals surface area contributed by atoms with Gasteiger partial charge in [0.05, 0.1) is 11.1 Å². The minimum absolute atomic E-state index is 0.0390. The molecule has 1 aromatic rings. The maximum Gasteiger partial charge on any atom is 0.336 e. The Morgan fingerprint density at radius 3 is 2.08 bits per heavy atom. The van der Waals surface area contributed by atoms with Crippen molar-refractivity contribution in [1.82, 2.24) is 0 Å². The SMILES string of the molecule is CC(C)=CCOc1ccc(C(C(=O)O)=C(CC(C)C)C(=O)O)cc1. The molecule has 0 aliphatic carbocycles. The van der Waals surface area contributed by atoms with Crippen molar-refractivity contribution in [2.75, 3.05) is 6.61 Å². The summed E-state index contributed by atoms with van der Waals surface area (Å²) in [4.78, 5) is 23.1. The smallest absolute Gasteiger partial charge is 0.336 e. The van der Waals surface area contributed by atoms with E-state index in [1.54, 1.807) is 24.3 Å². The van der Waals surface area contributed by atoms with Gasteiger partial charge in [0.1, 0.15) is 12.4 Å². The van der Waals surface area contributed by atoms with Gasteiger partial charge in [-0.3, -0.25) is 0 Å². The predicted octanol–water partition coefficient (Wildman–Crippen LogP) is 4.00. The lowest BCUT2D eigenvalue weighted by Gasteiger charge is -2.12. The minimum atomic E-state index is -1.24. The summed E-state index contributed by atoms with van der Waals surface area (Å²) < 4.78 is 5.53. The van der Waals surface area contributed by atoms with Crippen LogP contribution in [0.2, 0.25) is 0 Å². The van der Waals surface area contributed by atoms with Crippen LogP contribution in [0.25, 0.3) is 5.57 Å². The Labute approximate surface area is 142 Å². The standard InChI is InChI=1S/C19H24O5/c1-12(2)9-10-24-15-7-5-14(6-8-15)17(19(22)23)16(18(20)21)11-13(3)4/h5-9,13H,10-11H2,1-4H3,(H,20,21)(H,22,23). The highest BCUT2D eigenvalue weighted by atomic mass is 16.5. The third-order valence-electron chi connectivity index (χ3n) is 3.27. The average molecular weight is 332 g/mol. The van der Waals surface area contributed by atoms with Crippen LogP contribution in [0.3, 0.4) is 0 Å². The number of carboxylic acids is 2. The zero-order chi connectivity index (χ0) is 18.3. The number of carbonyl (C=O) groups is 2. The Bertz CT molecular complexity index is 647. The molecule has 0 unspecified atom stereocenters. The van der Waals surface area contributed by atoms with Gasteiger partial charge in [-0.05, 0) is 50.0 Å². The molecule has 1 aromatic carbocycles. The van der Waals surface area contributed by atoms with Crippen LogP contribution in [-0.2, 0) is 9.59 Å². The monoisotopic (exact) mass is 332 g/mol. The molecule has 0 aromatic heterocycles. The van der Waals surface area contributed by atoms with Crippen molar-refractivity contribution in [3.63, 3.8) is 0 Å². The van der Waals surface area contributed by atoms with Gasteiger partial charge in [-0.15, -0.1) is 0 Å². The molecule has 0 aliphatic rings. The van der Waals surface area contributed by atoms with Crippen LogP contribution in [0.15, 0.2) is 41.5 Å². The van der Waals surface area contributed by atoms with Crippen LogP contribution >= 0.6 is 0 Å². The van der Waals surface area contributed by atoms with E-state index in [2.05, 4.69) is 0 Å². The van der Waals surface area contributed by atoms with Crippen LogP contribution in [0.5, 0.6) is 5.75 Å². The summed E-state index contributed by atoms with van der Waals surface area (Å²) in [5, 5.41) is 18.8. The van der Waals surface area contributed by atoms with Crippen molar-refractivity contribution < 1.29 is 24.5 Å². The number of ether oxygens (including phenoxy) is 1. The van der Waals surface area contributed by atoms with Gasteiger partial charge in [0.25, 0.3) is 0 Å². The lowest BCUT2D eigenvalue weighted by molar-refractivity contribution is -0.134. The van der Waals surface area contributed by atoms with Gasteiger partial charge in [-0.25, -0.2) is 9.59 Å². The highest BCUT2D eigenvalue weighted by Crippen LogP contribution is 2.26. The van der Waals surface area contributed by atoms with Crippen molar-refractivity contribution >= 4 is 17.5 Å². The molecule has 24 heavy (non-hydrogen) atoms. The maximum absolute atomic E-state index is 11.6. The number of hydrogen-bond acceptors (Lipinski definition) is 3. The van der Waals surface area contributed by atoms with E-state index in [1.165, 1.54) is 0 Å². The molecule has 5 heteroatoms. The lowest BCUT2D eigenvalue weighted by atomic mass is 9.93. The van der Waals surface area contributed by atoms with E-state index in [9.17, 15) is 19.8 Å². The summed E-state index contributed by atoms with van der Waals surface area (Å²) >= 11 is 0. The van der Waals surface area contributed by atoms with Crippen molar-refractivity contribution in [1.29, 1.82) is 0 Å². The first-order valence-electron chi connectivity index (χ1n) is 7.78. The van der Waals surface area contributed by atoms with E-state index >= 15 is 0 Å². The number of benzene rings is 1. The largest absolute Gasteiger partial charge is 0.490 e. The molecule has 0 saturated carbocycles. The fourth-order valence-corrected chi connectivity index (χ4v) is 2.15. The first-order chi connectivity index (χ1) is 11.2. The molecule has 5 nitrogen and oxygen atoms in total. The minimum Gasteiger partial charge on any atom is -0.490 e. The van der Waals surface area contributed by atoms with Crippen molar-refractivity contribution in [3.05, 3.63) is 47.1 Å². The number of aliphatic carboxylic acids is 2. The fraction of sp³-hybridized carbons (Fsp3) is 0.368. The summed E-state index contributed by atoms with van der Waals surface area (Å²) in [6, 6.07) is 6.44. The maximum atomic E-state index is 11.6. The number of rotatable bonds is 8. The van der Waals surface area contributed by atoms with Gasteiger partial charge >= 0.3 is 11.9 Å². The van der Waals surface area contributed by atoms with E-state index in [4.69, 9.17) is 4.74 Å². The topological polar surface area (TPSA) is 83.8 Å². The van der Waals surface area contributed by atoms with E-state index in [1.807, 2.05) is 33.8 Å². The van der Waals surface area contributed by atoms with Gasteiger partial charge < -0.3 is 14.9 Å². The van der Waals surface area contributed by atoms with Crippen LogP contribution in [0, 0.1) is 5.92 Å². The third kappa shape index (κ3) is 5.91. The highest BCUT2D eigenvalue weighted by Gasteiger charge is 2.22. The molecule has 0 fully saturated rings. The zero-order valence-corrected chi connectivity index (χ0v) is 14.5. The van der Waals surface area contributed by atoms with Gasteiger partial charge in [-0.1, -0.05) is 31.6 Å². The molecule has 0 radical (unpaired) electrons. The summed E-state index contributed by atoms with van der Waals surface area (Å²) in [6.07, 6.45) is 2.12. The number of allylic oxidation sites excluding steroid dienone is 1. The Balaban J connectivity index is 3.15. The molecule has 0 atom stereocenters. The van der Waals surface area contributed by atoms with E-state index in [-0.39, 0.29) is 23.5 Å². The molecular formula is C19H24O5. The number of carboxylic acid groups (broad SMARTS) is 2. The first kappa shape index (κ1) is 19.5. The lowest BCUT2D eigenvalue weighted by Crippen LogP contribution is -2.12. The summed E-state index contributed by atoms with van der Waals surface area (Å²) in [5.41, 5.74) is 1.24. The van der Waals surface area contributed by atoms with E-state index in [0.29, 0.717) is 17.9 Å². The Morgan fingerprint density at radius 1 is 1.08 bits per heavy atom. The Hall–Kier alpha value is -2.56. The van der Waals surface area contributed by atoms with Crippen molar-refractivity contribution in [2.45, 2.75) is 34.1 Å². The van der Waals surface area contributed by atoms with Crippen LogP contribution < -0.4 is 4.74 Å². The summed E-state index contributed by atoms with van der Waals surface area (Å²) in [5.74, 6) is -1.81. The van der Waals surface area contributed by atoms with E-state index < -0.39 is 11.9 Å². The highest BCUT2D eigenvalue weighted by molar-refractivity contribution is 6.21. The molecular weight excluding hydrogens is 308 g/mol. The summed E-state index contributed by atoms with van der Waals surface area (Å²) in [7, 11) is 0. The molecule has 0 amide bonds. The molecule has 1 rings (SSSR count). The Morgan fingerprint density at radius 2 is 1.67 bits per heavy atom. The summed E-state index contributed by atoms with van der Waals surface area (Å²) in [6.45, 7) is 8.07. The molecule has 0 bridgehead atoms. The van der Waals surface area contributed by atoms with Gasteiger partial charge in [-0.2, -0.15) is 0 Å². The van der Waals surface area contributed by atoms with Crippen LogP contribution in [0.1, 0.15) is 39.7 Å². The molecule has 0 saturated heterocycles. The zero-order valence-electron chi connectivity index (χ0n) is 14.5. The van der Waals surface area contributed by atoms with Gasteiger partial charge in [0, 0.05) is 0 Å². The second-order valence-electron chi connectivity index (χ2n) is 6.18. The van der Waals surface area contributed by atoms with Crippen LogP contribution in [0.4, 0.5) is 0 Å². The predicted molar refractivity (Wildman–Crippen MR) is 93.0 cm³/mol. The molecule has 2 N–H and O–H groups in total. The van der Waals surface area contributed by atoms with E-state index in [0.717, 1.165) is 5.57 Å². The first-order valence-corrected chi connectivity index (χ1v) is 7.78. The quantitative estimate of drug-likeness (QED) is 0.555. The third-order valence-corrected chi connectivity index (χ3v) is 3.27. The molecule has 130 valence electrons. The molecule has 0 heterocycles. The van der Waals surface area contributed by atoms with Gasteiger partial charge in [0.15, 0.2) is 0 Å². The van der Waals surface area contributed by atoms with Gasteiger partial charge in [0.2, 0.25) is 0 Å². The fourth-order valence-electron chi connectivity index (χ4n) is 2.15. The van der Waals surface area contributed by atoms with Crippen LogP contribution in [-0.4, -0.2) is 28.8 Å². The normalized spacial score (nSPS) is 11.7. The second kappa shape index (κ2) is 8.91. The number of hydrogen-bond donors (Lipinski definition) is 2. The molecule has 0 spiro atoms. The van der Waals surface area contributed by atoms with Crippen molar-refractivity contribution in [2.24, 2.45) is 5.92 Å².